The first-order valence-corrected chi connectivity index (χ1v) is 9.25. The zero-order valence-corrected chi connectivity index (χ0v) is 15.3. The van der Waals surface area contributed by atoms with Crippen molar-refractivity contribution in [1.82, 2.24) is 15.1 Å². The van der Waals surface area contributed by atoms with Gasteiger partial charge in [-0.05, 0) is 30.7 Å². The number of carbonyl (C=O) groups excluding carboxylic acids is 1. The maximum absolute atomic E-state index is 12.0. The van der Waals surface area contributed by atoms with Gasteiger partial charge in [0.15, 0.2) is 0 Å². The molecule has 0 spiro atoms. The number of carbonyl (C=O) groups is 1. The van der Waals surface area contributed by atoms with Gasteiger partial charge in [-0.15, -0.1) is 16.4 Å². The van der Waals surface area contributed by atoms with Crippen LogP contribution in [-0.4, -0.2) is 21.7 Å². The Morgan fingerprint density at radius 1 is 1.38 bits per heavy atom. The fourth-order valence-electron chi connectivity index (χ4n) is 2.41. The largest absolute Gasteiger partial charge is 0.437 e. The summed E-state index contributed by atoms with van der Waals surface area (Å²) >= 11 is 1.45. The van der Waals surface area contributed by atoms with Crippen molar-refractivity contribution in [3.8, 4) is 10.8 Å². The third kappa shape index (κ3) is 5.63. The number of nitrogens with zero attached hydrogens (tertiary/aromatic N) is 2. The van der Waals surface area contributed by atoms with E-state index in [-0.39, 0.29) is 24.9 Å². The smallest absolute Gasteiger partial charge is 0.387 e. The molecule has 0 aromatic carbocycles. The Morgan fingerprint density at radius 3 is 2.83 bits per heavy atom. The summed E-state index contributed by atoms with van der Waals surface area (Å²) in [6.07, 6.45) is 3.45. The lowest BCUT2D eigenvalue weighted by atomic mass is 10.0. The fourth-order valence-corrected chi connectivity index (χ4v) is 3.05. The monoisotopic (exact) mass is 351 g/mol. The van der Waals surface area contributed by atoms with E-state index >= 15 is 0 Å². The SMILES string of the molecule is CC(C)CCC[C@@H](C)NC(=O)CCn1nc(-c2cccs2)oc1=O. The van der Waals surface area contributed by atoms with E-state index in [1.807, 2.05) is 24.4 Å². The van der Waals surface area contributed by atoms with Crippen molar-refractivity contribution >= 4 is 17.2 Å². The van der Waals surface area contributed by atoms with E-state index < -0.39 is 5.76 Å². The summed E-state index contributed by atoms with van der Waals surface area (Å²) in [7, 11) is 0. The summed E-state index contributed by atoms with van der Waals surface area (Å²) in [5, 5.41) is 9.00. The summed E-state index contributed by atoms with van der Waals surface area (Å²) in [5.41, 5.74) is 0. The van der Waals surface area contributed by atoms with Crippen LogP contribution in [0.4, 0.5) is 0 Å². The molecular formula is C17H25N3O3S. The summed E-state index contributed by atoms with van der Waals surface area (Å²) in [6.45, 7) is 6.63. The third-order valence-electron chi connectivity index (χ3n) is 3.71. The van der Waals surface area contributed by atoms with E-state index in [4.69, 9.17) is 4.42 Å². The first kappa shape index (κ1) is 18.4. The molecule has 0 aliphatic rings. The van der Waals surface area contributed by atoms with Gasteiger partial charge >= 0.3 is 5.76 Å². The van der Waals surface area contributed by atoms with Crippen LogP contribution < -0.4 is 11.1 Å². The number of hydrogen-bond acceptors (Lipinski definition) is 5. The molecule has 0 bridgehead atoms. The Bertz CT molecular complexity index is 688. The van der Waals surface area contributed by atoms with Crippen LogP contribution in [0.2, 0.25) is 0 Å². The predicted octanol–water partition coefficient (Wildman–Crippen LogP) is 3.29. The Kier molecular flexibility index (Phi) is 6.78. The number of hydrogen-bond donors (Lipinski definition) is 1. The summed E-state index contributed by atoms with van der Waals surface area (Å²) < 4.78 is 6.33. The van der Waals surface area contributed by atoms with Gasteiger partial charge in [0.1, 0.15) is 0 Å². The molecule has 2 aromatic rings. The molecule has 132 valence electrons. The second-order valence-electron chi connectivity index (χ2n) is 6.42. The van der Waals surface area contributed by atoms with Crippen molar-refractivity contribution in [2.75, 3.05) is 0 Å². The number of amides is 1. The molecule has 6 nitrogen and oxygen atoms in total. The Balaban J connectivity index is 1.79. The first-order valence-electron chi connectivity index (χ1n) is 8.37. The minimum absolute atomic E-state index is 0.0698. The quantitative estimate of drug-likeness (QED) is 0.752. The van der Waals surface area contributed by atoms with Gasteiger partial charge in [-0.3, -0.25) is 4.79 Å². The van der Waals surface area contributed by atoms with Crippen LogP contribution in [-0.2, 0) is 11.3 Å². The van der Waals surface area contributed by atoms with Gasteiger partial charge in [-0.1, -0.05) is 32.8 Å². The van der Waals surface area contributed by atoms with Crippen LogP contribution in [0.5, 0.6) is 0 Å². The highest BCUT2D eigenvalue weighted by Crippen LogP contribution is 2.21. The average Bonchev–Trinajstić information content (AvgIpc) is 3.14. The van der Waals surface area contributed by atoms with Crippen LogP contribution in [0.25, 0.3) is 10.8 Å². The third-order valence-corrected chi connectivity index (χ3v) is 4.57. The van der Waals surface area contributed by atoms with Gasteiger partial charge in [0, 0.05) is 12.5 Å². The molecule has 0 fully saturated rings. The maximum Gasteiger partial charge on any atom is 0.437 e. The van der Waals surface area contributed by atoms with Gasteiger partial charge in [-0.25, -0.2) is 4.79 Å². The van der Waals surface area contributed by atoms with Crippen LogP contribution in [0.15, 0.2) is 26.7 Å². The van der Waals surface area contributed by atoms with E-state index in [9.17, 15) is 9.59 Å². The summed E-state index contributed by atoms with van der Waals surface area (Å²) in [6, 6.07) is 3.85. The predicted molar refractivity (Wildman–Crippen MR) is 95.0 cm³/mol. The second-order valence-corrected chi connectivity index (χ2v) is 7.36. The molecule has 0 aliphatic heterocycles. The molecule has 2 heterocycles. The first-order chi connectivity index (χ1) is 11.5. The average molecular weight is 351 g/mol. The number of thiophene rings is 1. The van der Waals surface area contributed by atoms with Crippen molar-refractivity contribution in [3.63, 3.8) is 0 Å². The highest BCUT2D eigenvalue weighted by molar-refractivity contribution is 7.13. The molecule has 2 aromatic heterocycles. The van der Waals surface area contributed by atoms with Gasteiger partial charge in [0.2, 0.25) is 5.91 Å². The molecule has 0 saturated heterocycles. The van der Waals surface area contributed by atoms with Crippen LogP contribution in [0.3, 0.4) is 0 Å². The maximum atomic E-state index is 12.0. The minimum atomic E-state index is -0.531. The van der Waals surface area contributed by atoms with E-state index in [1.165, 1.54) is 22.4 Å². The van der Waals surface area contributed by atoms with E-state index in [0.29, 0.717) is 11.8 Å². The highest BCUT2D eigenvalue weighted by Gasteiger charge is 2.13. The van der Waals surface area contributed by atoms with Crippen LogP contribution >= 0.6 is 11.3 Å². The van der Waals surface area contributed by atoms with Crippen molar-refractivity contribution in [2.45, 2.75) is 59.0 Å². The van der Waals surface area contributed by atoms with Gasteiger partial charge in [0.25, 0.3) is 5.89 Å². The van der Waals surface area contributed by atoms with Gasteiger partial charge < -0.3 is 9.73 Å². The number of nitrogens with one attached hydrogen (secondary N) is 1. The Morgan fingerprint density at radius 2 is 2.17 bits per heavy atom. The van der Waals surface area contributed by atoms with Crippen LogP contribution in [0.1, 0.15) is 46.5 Å². The number of aromatic nitrogens is 2. The topological polar surface area (TPSA) is 77.1 Å². The second kappa shape index (κ2) is 8.82. The molecule has 0 saturated carbocycles. The van der Waals surface area contributed by atoms with Crippen molar-refractivity contribution < 1.29 is 9.21 Å². The van der Waals surface area contributed by atoms with Crippen molar-refractivity contribution in [2.24, 2.45) is 5.92 Å². The zero-order valence-electron chi connectivity index (χ0n) is 14.4. The molecule has 24 heavy (non-hydrogen) atoms. The molecule has 1 amide bonds. The van der Waals surface area contributed by atoms with Crippen molar-refractivity contribution in [3.05, 3.63) is 28.1 Å². The Hall–Kier alpha value is -1.89. The zero-order chi connectivity index (χ0) is 17.5. The minimum Gasteiger partial charge on any atom is -0.387 e. The van der Waals surface area contributed by atoms with E-state index in [1.54, 1.807) is 0 Å². The molecule has 1 N–H and O–H groups in total. The molecule has 2 rings (SSSR count). The normalized spacial score (nSPS) is 12.5. The molecule has 1 atom stereocenters. The molecule has 0 unspecified atom stereocenters. The lowest BCUT2D eigenvalue weighted by Crippen LogP contribution is -2.33. The molecular weight excluding hydrogens is 326 g/mol. The van der Waals surface area contributed by atoms with Crippen LogP contribution in [0, 0.1) is 5.92 Å². The standard InChI is InChI=1S/C17H25N3O3S/c1-12(2)6-4-7-13(3)18-15(21)9-10-20-17(22)23-16(19-20)14-8-5-11-24-14/h5,8,11-13H,4,6-7,9-10H2,1-3H3,(H,18,21)/t13-/m1/s1. The highest BCUT2D eigenvalue weighted by atomic mass is 32.1. The van der Waals surface area contributed by atoms with Gasteiger partial charge in [-0.2, -0.15) is 4.68 Å². The Labute approximate surface area is 145 Å². The van der Waals surface area contributed by atoms with E-state index in [2.05, 4.69) is 24.3 Å². The summed E-state index contributed by atoms with van der Waals surface area (Å²) in [4.78, 5) is 24.6. The molecule has 0 aliphatic carbocycles. The summed E-state index contributed by atoms with van der Waals surface area (Å²) in [5.74, 6) is 0.387. The molecule has 7 heteroatoms. The molecule has 0 radical (unpaired) electrons. The van der Waals surface area contributed by atoms with E-state index in [0.717, 1.165) is 17.7 Å². The lowest BCUT2D eigenvalue weighted by Gasteiger charge is -2.14. The fraction of sp³-hybridized carbons (Fsp3) is 0.588. The number of aryl methyl sites for hydroxylation is 1. The lowest BCUT2D eigenvalue weighted by molar-refractivity contribution is -0.122. The van der Waals surface area contributed by atoms with Gasteiger partial charge in [0.05, 0.1) is 11.4 Å². The number of rotatable bonds is 9. The van der Waals surface area contributed by atoms with Crippen molar-refractivity contribution in [1.29, 1.82) is 0 Å².